The van der Waals surface area contributed by atoms with Crippen LogP contribution < -0.4 is 15.5 Å². The Bertz CT molecular complexity index is 1340. The number of morpholine rings is 1. The van der Waals surface area contributed by atoms with Crippen molar-refractivity contribution in [3.05, 3.63) is 12.4 Å². The van der Waals surface area contributed by atoms with Gasteiger partial charge >= 0.3 is 6.18 Å². The van der Waals surface area contributed by atoms with E-state index in [0.29, 0.717) is 57.3 Å². The van der Waals surface area contributed by atoms with Gasteiger partial charge in [-0.3, -0.25) is 9.36 Å². The van der Waals surface area contributed by atoms with Crippen LogP contribution in [0.15, 0.2) is 12.4 Å². The predicted octanol–water partition coefficient (Wildman–Crippen LogP) is 1.71. The van der Waals surface area contributed by atoms with Crippen LogP contribution in [0.3, 0.4) is 0 Å². The van der Waals surface area contributed by atoms with Crippen molar-refractivity contribution in [2.45, 2.75) is 39.0 Å². The lowest BCUT2D eigenvalue weighted by atomic mass is 9.99. The number of nitrogens with two attached hydrogens (primary N) is 1. The smallest absolute Gasteiger partial charge is 0.378 e. The molecule has 5 rings (SSSR count). The highest BCUT2D eigenvalue weighted by Crippen LogP contribution is 2.35. The lowest BCUT2D eigenvalue weighted by Crippen LogP contribution is -2.61. The Hall–Kier alpha value is -3.75. The molecule has 0 bridgehead atoms. The minimum atomic E-state index is -4.53. The number of carbonyl (C=O) groups is 1. The number of aromatic nitrogens is 6. The molecule has 1 amide bonds. The van der Waals surface area contributed by atoms with Crippen molar-refractivity contribution in [3.8, 4) is 11.4 Å². The number of fused-ring (bicyclic) bond motifs is 1. The van der Waals surface area contributed by atoms with Crippen molar-refractivity contribution in [3.63, 3.8) is 0 Å². The lowest BCUT2D eigenvalue weighted by Gasteiger charge is -2.47. The van der Waals surface area contributed by atoms with E-state index in [1.165, 1.54) is 19.3 Å². The first-order valence-corrected chi connectivity index (χ1v) is 12.2. The maximum Gasteiger partial charge on any atom is 0.406 e. The normalized spacial score (nSPS) is 18.3. The molecule has 2 aliphatic rings. The number of piperazine rings is 1. The van der Waals surface area contributed by atoms with Gasteiger partial charge in [0.05, 0.1) is 24.3 Å². The van der Waals surface area contributed by atoms with Gasteiger partial charge in [0.25, 0.3) is 0 Å². The molecule has 2 aliphatic heterocycles. The molecule has 3 aromatic rings. The van der Waals surface area contributed by atoms with Crippen molar-refractivity contribution in [2.24, 2.45) is 0 Å². The summed E-state index contributed by atoms with van der Waals surface area (Å²) >= 11 is 0. The summed E-state index contributed by atoms with van der Waals surface area (Å²) in [6.07, 6.45) is -1.67. The molecule has 0 spiro atoms. The zero-order valence-corrected chi connectivity index (χ0v) is 21.4. The van der Waals surface area contributed by atoms with Crippen LogP contribution in [-0.2, 0) is 16.1 Å². The van der Waals surface area contributed by atoms with Crippen molar-refractivity contribution in [1.29, 1.82) is 0 Å². The minimum absolute atomic E-state index is 0.0486. The molecule has 12 nitrogen and oxygen atoms in total. The van der Waals surface area contributed by atoms with Gasteiger partial charge < -0.3 is 25.2 Å². The monoisotopic (exact) mass is 534 g/mol. The Morgan fingerprint density at radius 1 is 1.05 bits per heavy atom. The lowest BCUT2D eigenvalue weighted by molar-refractivity contribution is -0.139. The molecule has 0 radical (unpaired) electrons. The van der Waals surface area contributed by atoms with E-state index in [1.54, 1.807) is 9.80 Å². The molecule has 2 fully saturated rings. The van der Waals surface area contributed by atoms with E-state index >= 15 is 0 Å². The van der Waals surface area contributed by atoms with Crippen LogP contribution in [-0.4, -0.2) is 97.9 Å². The number of nitrogens with zero attached hydrogens (tertiary/aromatic N) is 9. The average Bonchev–Trinajstić information content (AvgIpc) is 3.20. The fraction of sp³-hybridized carbons (Fsp3) is 0.565. The van der Waals surface area contributed by atoms with Gasteiger partial charge in [-0.2, -0.15) is 13.2 Å². The van der Waals surface area contributed by atoms with Gasteiger partial charge in [-0.05, 0) is 13.8 Å². The molecular weight excluding hydrogens is 505 g/mol. The fourth-order valence-electron chi connectivity index (χ4n) is 5.03. The predicted molar refractivity (Wildman–Crippen MR) is 134 cm³/mol. The molecule has 204 valence electrons. The fourth-order valence-corrected chi connectivity index (χ4v) is 5.03. The summed E-state index contributed by atoms with van der Waals surface area (Å²) in [7, 11) is 0. The summed E-state index contributed by atoms with van der Waals surface area (Å²) in [5.74, 6) is 0.668. The van der Waals surface area contributed by atoms with E-state index in [4.69, 9.17) is 20.4 Å². The summed E-state index contributed by atoms with van der Waals surface area (Å²) < 4.78 is 48.3. The van der Waals surface area contributed by atoms with Crippen LogP contribution in [0.1, 0.15) is 20.8 Å². The molecule has 3 aromatic heterocycles. The van der Waals surface area contributed by atoms with Gasteiger partial charge in [0.15, 0.2) is 22.8 Å². The Morgan fingerprint density at radius 3 is 2.34 bits per heavy atom. The third-order valence-corrected chi connectivity index (χ3v) is 6.70. The topological polar surface area (TPSA) is 131 Å². The highest BCUT2D eigenvalue weighted by Gasteiger charge is 2.39. The van der Waals surface area contributed by atoms with Crippen LogP contribution in [0.2, 0.25) is 0 Å². The van der Waals surface area contributed by atoms with E-state index in [1.807, 2.05) is 18.7 Å². The maximum absolute atomic E-state index is 13.9. The maximum atomic E-state index is 13.9. The Kier molecular flexibility index (Phi) is 6.49. The van der Waals surface area contributed by atoms with Gasteiger partial charge in [0.1, 0.15) is 6.54 Å². The molecule has 2 N–H and O–H groups in total. The summed E-state index contributed by atoms with van der Waals surface area (Å²) in [6.45, 7) is 6.83. The number of alkyl halides is 3. The number of halogens is 3. The first-order chi connectivity index (χ1) is 17.9. The first-order valence-electron chi connectivity index (χ1n) is 12.2. The highest BCUT2D eigenvalue weighted by atomic mass is 19.4. The number of hydrogen-bond acceptors (Lipinski definition) is 10. The van der Waals surface area contributed by atoms with Crippen LogP contribution in [0.25, 0.3) is 22.6 Å². The van der Waals surface area contributed by atoms with Crippen molar-refractivity contribution >= 4 is 34.8 Å². The molecule has 0 aromatic carbocycles. The van der Waals surface area contributed by atoms with E-state index < -0.39 is 18.3 Å². The second kappa shape index (κ2) is 9.53. The van der Waals surface area contributed by atoms with Crippen molar-refractivity contribution < 1.29 is 22.7 Å². The van der Waals surface area contributed by atoms with Crippen molar-refractivity contribution in [1.82, 2.24) is 34.4 Å². The SMILES string of the molecule is CC(=O)N1CCN(c2nc3c(N4CCOCC4)nc(-c4cnc(N)nc4)nc3n2CC(F)(F)F)CC1(C)C. The molecule has 0 atom stereocenters. The van der Waals surface area contributed by atoms with Gasteiger partial charge in [-0.1, -0.05) is 0 Å². The van der Waals surface area contributed by atoms with Crippen LogP contribution in [0, 0.1) is 0 Å². The Balaban J connectivity index is 1.69. The molecular formula is C23H29F3N10O2. The number of rotatable bonds is 4. The van der Waals surface area contributed by atoms with E-state index in [-0.39, 0.29) is 34.8 Å². The Morgan fingerprint density at radius 2 is 1.74 bits per heavy atom. The number of imidazole rings is 1. The van der Waals surface area contributed by atoms with E-state index in [9.17, 15) is 18.0 Å². The Labute approximate surface area is 216 Å². The quantitative estimate of drug-likeness (QED) is 0.528. The second-order valence-corrected chi connectivity index (χ2v) is 9.99. The summed E-state index contributed by atoms with van der Waals surface area (Å²) in [6, 6.07) is 0. The van der Waals surface area contributed by atoms with Gasteiger partial charge in [0.2, 0.25) is 17.8 Å². The molecule has 5 heterocycles. The highest BCUT2D eigenvalue weighted by molar-refractivity contribution is 5.88. The number of hydrogen-bond donors (Lipinski definition) is 1. The second-order valence-electron chi connectivity index (χ2n) is 9.99. The van der Waals surface area contributed by atoms with E-state index in [2.05, 4.69) is 15.0 Å². The van der Waals surface area contributed by atoms with Gasteiger partial charge in [-0.15, -0.1) is 0 Å². The van der Waals surface area contributed by atoms with Crippen LogP contribution in [0.4, 0.5) is 30.9 Å². The van der Waals surface area contributed by atoms with Gasteiger partial charge in [0, 0.05) is 52.0 Å². The number of amides is 1. The van der Waals surface area contributed by atoms with Crippen LogP contribution in [0.5, 0.6) is 0 Å². The zero-order valence-electron chi connectivity index (χ0n) is 21.4. The molecule has 38 heavy (non-hydrogen) atoms. The number of anilines is 3. The largest absolute Gasteiger partial charge is 0.406 e. The zero-order chi connectivity index (χ0) is 27.2. The third-order valence-electron chi connectivity index (χ3n) is 6.70. The average molecular weight is 535 g/mol. The molecule has 0 aliphatic carbocycles. The standard InChI is InChI=1S/C23H29F3N10O2/c1-14(37)36-5-4-34(12-22(36,2)3)21-30-16-18(33-6-8-38-9-7-33)31-17(15-10-28-20(27)29-11-15)32-19(16)35(21)13-23(24,25)26/h10-11H,4-9,12-13H2,1-3H3,(H2,27,28,29). The first kappa shape index (κ1) is 25.9. The summed E-state index contributed by atoms with van der Waals surface area (Å²) in [5.41, 5.74) is 5.72. The molecule has 0 unspecified atom stereocenters. The minimum Gasteiger partial charge on any atom is -0.378 e. The molecule has 15 heteroatoms. The molecule has 0 saturated carbocycles. The summed E-state index contributed by atoms with van der Waals surface area (Å²) in [5, 5.41) is 0. The van der Waals surface area contributed by atoms with E-state index in [0.717, 1.165) is 4.57 Å². The number of carbonyl (C=O) groups excluding carboxylic acids is 1. The van der Waals surface area contributed by atoms with Crippen LogP contribution >= 0.6 is 0 Å². The molecule has 2 saturated heterocycles. The number of ether oxygens (including phenoxy) is 1. The summed E-state index contributed by atoms with van der Waals surface area (Å²) in [4.78, 5) is 39.5. The van der Waals surface area contributed by atoms with Gasteiger partial charge in [-0.25, -0.2) is 24.9 Å². The number of nitrogen functional groups attached to an aromatic ring is 1. The third kappa shape index (κ3) is 5.01. The van der Waals surface area contributed by atoms with Crippen molar-refractivity contribution in [2.75, 3.05) is 61.5 Å².